The van der Waals surface area contributed by atoms with Crippen molar-refractivity contribution in [3.05, 3.63) is 0 Å². The van der Waals surface area contributed by atoms with Gasteiger partial charge < -0.3 is 20.0 Å². The molecule has 1 unspecified atom stereocenters. The van der Waals surface area contributed by atoms with Crippen molar-refractivity contribution in [1.29, 1.82) is 5.41 Å². The van der Waals surface area contributed by atoms with Crippen LogP contribution in [-0.4, -0.2) is 37.4 Å². The molecular formula is C10H21NO3. The van der Waals surface area contributed by atoms with E-state index in [2.05, 4.69) is 0 Å². The number of aliphatic hydroxyl groups is 1. The minimum absolute atomic E-state index is 0.275. The Hall–Kier alpha value is -0.450. The predicted molar refractivity (Wildman–Crippen MR) is 55.7 cm³/mol. The van der Waals surface area contributed by atoms with Gasteiger partial charge in [0.2, 0.25) is 0 Å². The van der Waals surface area contributed by atoms with Gasteiger partial charge in [0.05, 0.1) is 6.10 Å². The van der Waals surface area contributed by atoms with Crippen LogP contribution in [0.5, 0.6) is 0 Å². The first kappa shape index (κ1) is 13.5. The first-order valence-electron chi connectivity index (χ1n) is 4.90. The molecule has 0 aliphatic carbocycles. The number of nitrogens with one attached hydrogen (secondary N) is 1. The second-order valence-corrected chi connectivity index (χ2v) is 3.45. The average molecular weight is 203 g/mol. The molecule has 1 atom stereocenters. The molecule has 4 heteroatoms. The van der Waals surface area contributed by atoms with E-state index in [1.54, 1.807) is 21.1 Å². The third-order valence-electron chi connectivity index (χ3n) is 2.04. The highest BCUT2D eigenvalue weighted by Gasteiger charge is 2.08. The van der Waals surface area contributed by atoms with Gasteiger partial charge in [0.15, 0.2) is 6.29 Å². The topological polar surface area (TPSA) is 62.5 Å². The number of aliphatic hydroxyl groups excluding tert-OH is 1. The molecule has 0 heterocycles. The van der Waals surface area contributed by atoms with E-state index in [-0.39, 0.29) is 12.4 Å². The number of rotatable bonds is 8. The highest BCUT2D eigenvalue weighted by atomic mass is 16.7. The van der Waals surface area contributed by atoms with Crippen molar-refractivity contribution in [2.24, 2.45) is 0 Å². The fourth-order valence-electron chi connectivity index (χ4n) is 1.18. The van der Waals surface area contributed by atoms with Crippen LogP contribution in [0.1, 0.15) is 32.6 Å². The maximum absolute atomic E-state index is 9.02. The summed E-state index contributed by atoms with van der Waals surface area (Å²) in [4.78, 5) is 0. The molecule has 0 saturated carbocycles. The molecule has 2 N–H and O–H groups in total. The highest BCUT2D eigenvalue weighted by Crippen LogP contribution is 2.06. The lowest BCUT2D eigenvalue weighted by atomic mass is 10.1. The van der Waals surface area contributed by atoms with Crippen LogP contribution >= 0.6 is 0 Å². The molecule has 0 saturated heterocycles. The summed E-state index contributed by atoms with van der Waals surface area (Å²) in [6, 6.07) is 0. The van der Waals surface area contributed by atoms with E-state index in [0.717, 1.165) is 12.8 Å². The predicted octanol–water partition coefficient (Wildman–Crippen LogP) is 1.57. The highest BCUT2D eigenvalue weighted by molar-refractivity contribution is 5.81. The Morgan fingerprint density at radius 2 is 1.93 bits per heavy atom. The molecule has 0 aromatic carbocycles. The first-order chi connectivity index (χ1) is 6.60. The van der Waals surface area contributed by atoms with Crippen molar-refractivity contribution >= 4 is 5.71 Å². The summed E-state index contributed by atoms with van der Waals surface area (Å²) in [5.74, 6) is 0. The Balaban J connectivity index is 3.54. The van der Waals surface area contributed by atoms with Gasteiger partial charge in [0, 0.05) is 26.4 Å². The molecule has 84 valence electrons. The van der Waals surface area contributed by atoms with Crippen molar-refractivity contribution in [1.82, 2.24) is 0 Å². The molecule has 0 rings (SSSR count). The SMILES string of the molecule is COC(CC(=N)CCCC(C)O)OC. The van der Waals surface area contributed by atoms with Crippen molar-refractivity contribution in [2.75, 3.05) is 14.2 Å². The molecule has 0 fully saturated rings. The van der Waals surface area contributed by atoms with Crippen LogP contribution in [-0.2, 0) is 9.47 Å². The summed E-state index contributed by atoms with van der Waals surface area (Å²) < 4.78 is 9.97. The molecule has 0 amide bonds. The summed E-state index contributed by atoms with van der Waals surface area (Å²) in [5, 5.41) is 16.6. The van der Waals surface area contributed by atoms with Gasteiger partial charge in [0.1, 0.15) is 0 Å². The molecule has 0 radical (unpaired) electrons. The summed E-state index contributed by atoms with van der Waals surface area (Å²) in [5.41, 5.74) is 0.611. The summed E-state index contributed by atoms with van der Waals surface area (Å²) in [6.45, 7) is 1.76. The summed E-state index contributed by atoms with van der Waals surface area (Å²) in [7, 11) is 3.13. The van der Waals surface area contributed by atoms with Gasteiger partial charge in [0.25, 0.3) is 0 Å². The number of methoxy groups -OCH3 is 2. The summed E-state index contributed by atoms with van der Waals surface area (Å²) in [6.07, 6.45) is 2.21. The minimum Gasteiger partial charge on any atom is -0.393 e. The van der Waals surface area contributed by atoms with Gasteiger partial charge >= 0.3 is 0 Å². The molecule has 0 aliphatic heterocycles. The van der Waals surface area contributed by atoms with Crippen molar-refractivity contribution < 1.29 is 14.6 Å². The van der Waals surface area contributed by atoms with Gasteiger partial charge in [-0.15, -0.1) is 0 Å². The number of ether oxygens (including phenoxy) is 2. The van der Waals surface area contributed by atoms with Crippen LogP contribution in [0.4, 0.5) is 0 Å². The molecule has 0 aromatic heterocycles. The third kappa shape index (κ3) is 7.00. The lowest BCUT2D eigenvalue weighted by Gasteiger charge is -2.13. The first-order valence-corrected chi connectivity index (χ1v) is 4.90. The molecule has 0 bridgehead atoms. The Labute approximate surface area is 85.7 Å². The number of hydrogen-bond donors (Lipinski definition) is 2. The van der Waals surface area contributed by atoms with E-state index in [1.807, 2.05) is 0 Å². The monoisotopic (exact) mass is 203 g/mol. The fraction of sp³-hybridized carbons (Fsp3) is 0.900. The van der Waals surface area contributed by atoms with Crippen LogP contribution in [0.2, 0.25) is 0 Å². The second-order valence-electron chi connectivity index (χ2n) is 3.45. The van der Waals surface area contributed by atoms with Crippen molar-refractivity contribution in [2.45, 2.75) is 45.0 Å². The minimum atomic E-state index is -0.311. The van der Waals surface area contributed by atoms with Gasteiger partial charge in [-0.3, -0.25) is 0 Å². The van der Waals surface area contributed by atoms with Gasteiger partial charge in [-0.2, -0.15) is 0 Å². The van der Waals surface area contributed by atoms with E-state index in [9.17, 15) is 0 Å². The van der Waals surface area contributed by atoms with Crippen LogP contribution in [0.3, 0.4) is 0 Å². The van der Waals surface area contributed by atoms with Crippen molar-refractivity contribution in [3.63, 3.8) is 0 Å². The molecule has 14 heavy (non-hydrogen) atoms. The average Bonchev–Trinajstić information content (AvgIpc) is 2.13. The van der Waals surface area contributed by atoms with Gasteiger partial charge in [-0.25, -0.2) is 0 Å². The van der Waals surface area contributed by atoms with Crippen molar-refractivity contribution in [3.8, 4) is 0 Å². The van der Waals surface area contributed by atoms with E-state index in [4.69, 9.17) is 20.0 Å². The lowest BCUT2D eigenvalue weighted by molar-refractivity contribution is -0.0961. The van der Waals surface area contributed by atoms with Crippen LogP contribution in [0.15, 0.2) is 0 Å². The maximum atomic E-state index is 9.02. The number of hydrogen-bond acceptors (Lipinski definition) is 4. The maximum Gasteiger partial charge on any atom is 0.161 e. The Morgan fingerprint density at radius 1 is 1.36 bits per heavy atom. The second kappa shape index (κ2) is 7.91. The molecular weight excluding hydrogens is 182 g/mol. The van der Waals surface area contributed by atoms with Gasteiger partial charge in [-0.1, -0.05) is 0 Å². The fourth-order valence-corrected chi connectivity index (χ4v) is 1.18. The van der Waals surface area contributed by atoms with E-state index >= 15 is 0 Å². The van der Waals surface area contributed by atoms with Crippen LogP contribution in [0.25, 0.3) is 0 Å². The molecule has 0 spiro atoms. The molecule has 0 aromatic rings. The zero-order chi connectivity index (χ0) is 11.0. The van der Waals surface area contributed by atoms with Gasteiger partial charge in [-0.05, 0) is 26.2 Å². The normalized spacial score (nSPS) is 13.2. The zero-order valence-corrected chi connectivity index (χ0v) is 9.25. The Kier molecular flexibility index (Phi) is 7.65. The zero-order valence-electron chi connectivity index (χ0n) is 9.25. The molecule has 4 nitrogen and oxygen atoms in total. The Bertz CT molecular complexity index is 155. The van der Waals surface area contributed by atoms with E-state index < -0.39 is 0 Å². The smallest absolute Gasteiger partial charge is 0.161 e. The standard InChI is InChI=1S/C10H21NO3/c1-8(12)5-4-6-9(11)7-10(13-2)14-3/h8,10-12H,4-7H2,1-3H3. The largest absolute Gasteiger partial charge is 0.393 e. The van der Waals surface area contributed by atoms with E-state index in [1.165, 1.54) is 0 Å². The third-order valence-corrected chi connectivity index (χ3v) is 2.04. The summed E-state index contributed by atoms with van der Waals surface area (Å²) >= 11 is 0. The Morgan fingerprint density at radius 3 is 2.36 bits per heavy atom. The van der Waals surface area contributed by atoms with Crippen LogP contribution < -0.4 is 0 Å². The molecule has 0 aliphatic rings. The van der Waals surface area contributed by atoms with Crippen LogP contribution in [0, 0.1) is 5.41 Å². The lowest BCUT2D eigenvalue weighted by Crippen LogP contribution is -2.17. The quantitative estimate of drug-likeness (QED) is 0.465. The van der Waals surface area contributed by atoms with E-state index in [0.29, 0.717) is 18.6 Å².